The highest BCUT2D eigenvalue weighted by atomic mass is 14.9. The van der Waals surface area contributed by atoms with Crippen molar-refractivity contribution in [3.8, 4) is 0 Å². The summed E-state index contributed by atoms with van der Waals surface area (Å²) in [4.78, 5) is 0. The molecular formula is C17H27N. The van der Waals surface area contributed by atoms with Crippen molar-refractivity contribution in [1.82, 2.24) is 5.32 Å². The fourth-order valence-electron chi connectivity index (χ4n) is 2.59. The lowest BCUT2D eigenvalue weighted by atomic mass is 9.99. The molecule has 0 saturated heterocycles. The van der Waals surface area contributed by atoms with Gasteiger partial charge in [0.05, 0.1) is 0 Å². The monoisotopic (exact) mass is 245 g/mol. The minimum Gasteiger partial charge on any atom is -0.314 e. The third kappa shape index (κ3) is 4.81. The third-order valence-electron chi connectivity index (χ3n) is 3.87. The maximum atomic E-state index is 3.72. The number of nitrogens with one attached hydrogen (secondary N) is 1. The van der Waals surface area contributed by atoms with Gasteiger partial charge in [-0.15, -0.1) is 0 Å². The summed E-state index contributed by atoms with van der Waals surface area (Å²) in [7, 11) is 0. The van der Waals surface area contributed by atoms with Crippen LogP contribution in [-0.4, -0.2) is 12.6 Å². The molecule has 0 aliphatic heterocycles. The van der Waals surface area contributed by atoms with Crippen LogP contribution in [0.3, 0.4) is 0 Å². The largest absolute Gasteiger partial charge is 0.314 e. The van der Waals surface area contributed by atoms with Gasteiger partial charge < -0.3 is 5.32 Å². The van der Waals surface area contributed by atoms with Crippen LogP contribution in [0.5, 0.6) is 0 Å². The number of benzene rings is 1. The van der Waals surface area contributed by atoms with Crippen molar-refractivity contribution >= 4 is 0 Å². The first-order valence-corrected chi connectivity index (χ1v) is 7.57. The van der Waals surface area contributed by atoms with Crippen LogP contribution in [0.1, 0.15) is 50.2 Å². The molecule has 0 spiro atoms. The van der Waals surface area contributed by atoms with E-state index >= 15 is 0 Å². The Hall–Kier alpha value is -0.820. The quantitative estimate of drug-likeness (QED) is 0.727. The molecule has 1 aromatic rings. The number of aryl methyl sites for hydroxylation is 1. The number of hydrogen-bond acceptors (Lipinski definition) is 1. The summed E-state index contributed by atoms with van der Waals surface area (Å²) in [6, 6.07) is 9.64. The van der Waals surface area contributed by atoms with Crippen LogP contribution in [0, 0.1) is 12.8 Å². The molecule has 1 saturated carbocycles. The maximum absolute atomic E-state index is 3.72. The molecular weight excluding hydrogens is 218 g/mol. The lowest BCUT2D eigenvalue weighted by Gasteiger charge is -2.19. The van der Waals surface area contributed by atoms with Gasteiger partial charge in [0.1, 0.15) is 0 Å². The summed E-state index contributed by atoms with van der Waals surface area (Å²) in [5.41, 5.74) is 2.86. The Bertz CT molecular complexity index is 354. The van der Waals surface area contributed by atoms with Gasteiger partial charge in [-0.1, -0.05) is 49.6 Å². The Kier molecular flexibility index (Phi) is 5.25. The van der Waals surface area contributed by atoms with E-state index in [-0.39, 0.29) is 0 Å². The van der Waals surface area contributed by atoms with Crippen LogP contribution in [0.2, 0.25) is 0 Å². The molecule has 18 heavy (non-hydrogen) atoms. The van der Waals surface area contributed by atoms with Crippen LogP contribution in [0.15, 0.2) is 24.3 Å². The molecule has 1 N–H and O–H groups in total. The average molecular weight is 245 g/mol. The van der Waals surface area contributed by atoms with E-state index in [1.807, 2.05) is 0 Å². The van der Waals surface area contributed by atoms with Crippen LogP contribution in [0.25, 0.3) is 0 Å². The maximum Gasteiger partial charge on any atom is 0.0108 e. The number of hydrogen-bond donors (Lipinski definition) is 1. The van der Waals surface area contributed by atoms with E-state index in [1.165, 1.54) is 49.7 Å². The van der Waals surface area contributed by atoms with E-state index in [0.29, 0.717) is 6.04 Å². The second kappa shape index (κ2) is 6.94. The minimum absolute atomic E-state index is 0.673. The Morgan fingerprint density at radius 2 is 2.17 bits per heavy atom. The second-order valence-corrected chi connectivity index (χ2v) is 5.86. The normalized spacial score (nSPS) is 16.8. The standard InChI is InChI=1S/C17H27N/c1-3-11-18-17(10-9-15-7-8-15)13-16-6-4-5-14(2)12-16/h4-6,12,15,17-18H,3,7-11,13H2,1-2H3. The average Bonchev–Trinajstić information content (AvgIpc) is 3.17. The lowest BCUT2D eigenvalue weighted by Crippen LogP contribution is -2.31. The van der Waals surface area contributed by atoms with E-state index in [4.69, 9.17) is 0 Å². The Morgan fingerprint density at radius 3 is 2.83 bits per heavy atom. The summed E-state index contributed by atoms with van der Waals surface area (Å²) >= 11 is 0. The molecule has 1 aliphatic rings. The van der Waals surface area contributed by atoms with Crippen molar-refractivity contribution in [2.75, 3.05) is 6.54 Å². The number of rotatable bonds is 8. The summed E-state index contributed by atoms with van der Waals surface area (Å²) in [6.45, 7) is 5.58. The Morgan fingerprint density at radius 1 is 1.33 bits per heavy atom. The van der Waals surface area contributed by atoms with Crippen molar-refractivity contribution in [2.24, 2.45) is 5.92 Å². The van der Waals surface area contributed by atoms with Crippen LogP contribution < -0.4 is 5.32 Å². The van der Waals surface area contributed by atoms with Crippen molar-refractivity contribution in [3.05, 3.63) is 35.4 Å². The van der Waals surface area contributed by atoms with Gasteiger partial charge in [0.15, 0.2) is 0 Å². The van der Waals surface area contributed by atoms with Gasteiger partial charge in [-0.2, -0.15) is 0 Å². The van der Waals surface area contributed by atoms with E-state index in [9.17, 15) is 0 Å². The van der Waals surface area contributed by atoms with E-state index in [1.54, 1.807) is 0 Å². The summed E-state index contributed by atoms with van der Waals surface area (Å²) in [5.74, 6) is 1.05. The van der Waals surface area contributed by atoms with Gasteiger partial charge in [0.2, 0.25) is 0 Å². The highest BCUT2D eigenvalue weighted by Crippen LogP contribution is 2.34. The second-order valence-electron chi connectivity index (χ2n) is 5.86. The van der Waals surface area contributed by atoms with Crippen LogP contribution in [-0.2, 0) is 6.42 Å². The SMILES string of the molecule is CCCNC(CCC1CC1)Cc1cccc(C)c1. The first kappa shape index (κ1) is 13.6. The van der Waals surface area contributed by atoms with Crippen molar-refractivity contribution < 1.29 is 0 Å². The van der Waals surface area contributed by atoms with Crippen molar-refractivity contribution in [1.29, 1.82) is 0 Å². The Balaban J connectivity index is 1.85. The molecule has 0 radical (unpaired) electrons. The van der Waals surface area contributed by atoms with Gasteiger partial charge in [-0.3, -0.25) is 0 Å². The molecule has 0 heterocycles. The zero-order valence-electron chi connectivity index (χ0n) is 11.9. The van der Waals surface area contributed by atoms with Crippen molar-refractivity contribution in [2.45, 2.75) is 58.4 Å². The van der Waals surface area contributed by atoms with Gasteiger partial charge in [-0.25, -0.2) is 0 Å². The van der Waals surface area contributed by atoms with Crippen molar-refractivity contribution in [3.63, 3.8) is 0 Å². The van der Waals surface area contributed by atoms with Gasteiger partial charge in [-0.05, 0) is 50.6 Å². The fourth-order valence-corrected chi connectivity index (χ4v) is 2.59. The van der Waals surface area contributed by atoms with Crippen LogP contribution in [0.4, 0.5) is 0 Å². The molecule has 1 atom stereocenters. The molecule has 0 bridgehead atoms. The first-order chi connectivity index (χ1) is 8.78. The minimum atomic E-state index is 0.673. The predicted octanol–water partition coefficient (Wildman–Crippen LogP) is 4.10. The van der Waals surface area contributed by atoms with Gasteiger partial charge in [0, 0.05) is 6.04 Å². The zero-order valence-corrected chi connectivity index (χ0v) is 11.9. The first-order valence-electron chi connectivity index (χ1n) is 7.57. The predicted molar refractivity (Wildman–Crippen MR) is 78.9 cm³/mol. The van der Waals surface area contributed by atoms with E-state index < -0.39 is 0 Å². The molecule has 1 unspecified atom stereocenters. The molecule has 1 heteroatoms. The van der Waals surface area contributed by atoms with E-state index in [0.717, 1.165) is 12.5 Å². The summed E-state index contributed by atoms with van der Waals surface area (Å²) in [6.07, 6.45) is 8.14. The third-order valence-corrected chi connectivity index (χ3v) is 3.87. The molecule has 0 aromatic heterocycles. The highest BCUT2D eigenvalue weighted by molar-refractivity contribution is 5.23. The molecule has 1 aromatic carbocycles. The molecule has 1 nitrogen and oxygen atoms in total. The molecule has 2 rings (SSSR count). The van der Waals surface area contributed by atoms with E-state index in [2.05, 4.69) is 43.4 Å². The van der Waals surface area contributed by atoms with Gasteiger partial charge >= 0.3 is 0 Å². The van der Waals surface area contributed by atoms with Crippen LogP contribution >= 0.6 is 0 Å². The lowest BCUT2D eigenvalue weighted by molar-refractivity contribution is 0.452. The Labute approximate surface area is 112 Å². The fraction of sp³-hybridized carbons (Fsp3) is 0.647. The summed E-state index contributed by atoms with van der Waals surface area (Å²) in [5, 5.41) is 3.72. The molecule has 1 aliphatic carbocycles. The zero-order chi connectivity index (χ0) is 12.8. The molecule has 0 amide bonds. The highest BCUT2D eigenvalue weighted by Gasteiger charge is 2.22. The topological polar surface area (TPSA) is 12.0 Å². The summed E-state index contributed by atoms with van der Waals surface area (Å²) < 4.78 is 0. The molecule has 1 fully saturated rings. The smallest absolute Gasteiger partial charge is 0.0108 e. The van der Waals surface area contributed by atoms with Gasteiger partial charge in [0.25, 0.3) is 0 Å². The molecule has 100 valence electrons.